The topological polar surface area (TPSA) is 35.1 Å². The SMILES string of the molecule is [C-]#[N+]c1ccc2sc3c(-c4cccc(-c5cccc(-c6nc(-c7cccc(-c8ccccc8)c7)c7c8ccccc8n(-c8ccccc8)c7n6)c5)c4)cccc3c2c1. The molecule has 0 saturated heterocycles. The molecule has 0 amide bonds. The second-order valence-electron chi connectivity index (χ2n) is 14.5. The van der Waals surface area contributed by atoms with Crippen LogP contribution in [0.1, 0.15) is 0 Å². The molecule has 0 bridgehead atoms. The van der Waals surface area contributed by atoms with Gasteiger partial charge in [-0.15, -0.1) is 11.3 Å². The van der Waals surface area contributed by atoms with Gasteiger partial charge in [0, 0.05) is 31.6 Å². The molecule has 0 fully saturated rings. The summed E-state index contributed by atoms with van der Waals surface area (Å²) in [5.74, 6) is 0.666. The molecule has 0 aliphatic rings. The minimum atomic E-state index is 0.664. The van der Waals surface area contributed by atoms with E-state index in [1.807, 2.05) is 18.2 Å². The first-order valence-corrected chi connectivity index (χ1v) is 20.1. The highest BCUT2D eigenvalue weighted by atomic mass is 32.1. The van der Waals surface area contributed by atoms with Crippen molar-refractivity contribution in [1.29, 1.82) is 0 Å². The van der Waals surface area contributed by atoms with E-state index in [-0.39, 0.29) is 0 Å². The fraction of sp³-hybridized carbons (Fsp3) is 0. The van der Waals surface area contributed by atoms with E-state index in [2.05, 4.69) is 185 Å². The second kappa shape index (κ2) is 13.8. The summed E-state index contributed by atoms with van der Waals surface area (Å²) in [5.41, 5.74) is 13.4. The number of hydrogen-bond acceptors (Lipinski definition) is 3. The van der Waals surface area contributed by atoms with E-state index >= 15 is 0 Å². The van der Waals surface area contributed by atoms with Crippen LogP contribution in [0.2, 0.25) is 0 Å². The van der Waals surface area contributed by atoms with Crippen molar-refractivity contribution in [3.8, 4) is 61.7 Å². The standard InChI is InChI=1S/C53H32N4S/c1-54-41-28-29-48-46(33-41)44-26-13-25-43(51(44)58-48)38-19-10-17-36(30-38)37-18-12-21-40(32-37)52-55-50(39-20-11-16-35(31-39)34-14-4-2-5-15-34)49-45-24-8-9-27-47(45)57(53(49)56-52)42-22-6-3-7-23-42/h2-33H. The Kier molecular flexibility index (Phi) is 8.03. The Labute approximate surface area is 339 Å². The van der Waals surface area contributed by atoms with E-state index in [9.17, 15) is 0 Å². The summed E-state index contributed by atoms with van der Waals surface area (Å²) in [5, 5.41) is 4.45. The zero-order valence-corrected chi connectivity index (χ0v) is 32.0. The van der Waals surface area contributed by atoms with E-state index in [0.29, 0.717) is 11.5 Å². The fourth-order valence-electron chi connectivity index (χ4n) is 8.29. The average molecular weight is 757 g/mol. The van der Waals surface area contributed by atoms with Crippen LogP contribution in [0.3, 0.4) is 0 Å². The van der Waals surface area contributed by atoms with Gasteiger partial charge in [0.05, 0.1) is 23.2 Å². The van der Waals surface area contributed by atoms with Gasteiger partial charge < -0.3 is 0 Å². The quantitative estimate of drug-likeness (QED) is 0.158. The van der Waals surface area contributed by atoms with Crippen molar-refractivity contribution in [2.24, 2.45) is 0 Å². The van der Waals surface area contributed by atoms with Crippen molar-refractivity contribution in [2.75, 3.05) is 0 Å². The summed E-state index contributed by atoms with van der Waals surface area (Å²) in [6, 6.07) is 68.1. The minimum Gasteiger partial charge on any atom is -0.294 e. The van der Waals surface area contributed by atoms with E-state index in [4.69, 9.17) is 16.5 Å². The zero-order chi connectivity index (χ0) is 38.6. The Morgan fingerprint density at radius 1 is 0.466 bits per heavy atom. The van der Waals surface area contributed by atoms with Crippen LogP contribution in [0.15, 0.2) is 194 Å². The summed E-state index contributed by atoms with van der Waals surface area (Å²) in [4.78, 5) is 14.6. The molecule has 0 radical (unpaired) electrons. The third-order valence-electron chi connectivity index (χ3n) is 11.0. The van der Waals surface area contributed by atoms with Crippen LogP contribution in [0.4, 0.5) is 5.69 Å². The number of nitrogens with zero attached hydrogens (tertiary/aromatic N) is 4. The molecule has 0 unspecified atom stereocenters. The molecule has 0 N–H and O–H groups in total. The first-order chi connectivity index (χ1) is 28.7. The minimum absolute atomic E-state index is 0.664. The number of benzene rings is 8. The second-order valence-corrected chi connectivity index (χ2v) is 15.5. The van der Waals surface area contributed by atoms with Crippen LogP contribution in [0, 0.1) is 6.57 Å². The van der Waals surface area contributed by atoms with Gasteiger partial charge in [0.15, 0.2) is 11.5 Å². The van der Waals surface area contributed by atoms with E-state index < -0.39 is 0 Å². The zero-order valence-electron chi connectivity index (χ0n) is 31.2. The molecule has 270 valence electrons. The first kappa shape index (κ1) is 33.7. The predicted molar refractivity (Wildman–Crippen MR) is 243 cm³/mol. The van der Waals surface area contributed by atoms with Crippen molar-refractivity contribution in [3.05, 3.63) is 206 Å². The van der Waals surface area contributed by atoms with Gasteiger partial charge in [-0.1, -0.05) is 152 Å². The Hall–Kier alpha value is -7.65. The lowest BCUT2D eigenvalue weighted by molar-refractivity contribution is 1.11. The predicted octanol–water partition coefficient (Wildman–Crippen LogP) is 14.8. The van der Waals surface area contributed by atoms with Gasteiger partial charge >= 0.3 is 0 Å². The molecule has 4 nitrogen and oxygen atoms in total. The number of aromatic nitrogens is 3. The summed E-state index contributed by atoms with van der Waals surface area (Å²) >= 11 is 1.78. The first-order valence-electron chi connectivity index (χ1n) is 19.3. The molecule has 3 heterocycles. The van der Waals surface area contributed by atoms with Crippen LogP contribution < -0.4 is 0 Å². The Morgan fingerprint density at radius 2 is 1.07 bits per heavy atom. The molecule has 5 heteroatoms. The summed E-state index contributed by atoms with van der Waals surface area (Å²) in [6.45, 7) is 7.54. The van der Waals surface area contributed by atoms with Gasteiger partial charge in [-0.2, -0.15) is 0 Å². The highest BCUT2D eigenvalue weighted by molar-refractivity contribution is 7.26. The highest BCUT2D eigenvalue weighted by Crippen LogP contribution is 2.43. The van der Waals surface area contributed by atoms with Gasteiger partial charge in [-0.25, -0.2) is 14.8 Å². The maximum atomic E-state index is 7.54. The number of para-hydroxylation sites is 2. The van der Waals surface area contributed by atoms with Gasteiger partial charge in [-0.3, -0.25) is 4.57 Å². The molecule has 11 aromatic rings. The largest absolute Gasteiger partial charge is 0.294 e. The molecule has 0 saturated carbocycles. The molecule has 8 aromatic carbocycles. The van der Waals surface area contributed by atoms with Crippen LogP contribution in [-0.4, -0.2) is 14.5 Å². The third-order valence-corrected chi connectivity index (χ3v) is 12.2. The summed E-state index contributed by atoms with van der Waals surface area (Å²) in [7, 11) is 0. The van der Waals surface area contributed by atoms with Crippen molar-refractivity contribution in [3.63, 3.8) is 0 Å². The van der Waals surface area contributed by atoms with Crippen LogP contribution >= 0.6 is 11.3 Å². The number of fused-ring (bicyclic) bond motifs is 6. The van der Waals surface area contributed by atoms with Crippen molar-refractivity contribution in [2.45, 2.75) is 0 Å². The summed E-state index contributed by atoms with van der Waals surface area (Å²) < 4.78 is 4.68. The normalized spacial score (nSPS) is 11.4. The van der Waals surface area contributed by atoms with Gasteiger partial charge in [0.1, 0.15) is 5.65 Å². The van der Waals surface area contributed by atoms with Crippen molar-refractivity contribution in [1.82, 2.24) is 14.5 Å². The maximum absolute atomic E-state index is 7.54. The molecule has 0 aliphatic carbocycles. The Balaban J connectivity index is 1.09. The fourth-order valence-corrected chi connectivity index (χ4v) is 9.51. The monoisotopic (exact) mass is 756 g/mol. The Morgan fingerprint density at radius 3 is 1.86 bits per heavy atom. The number of rotatable bonds is 6. The van der Waals surface area contributed by atoms with Gasteiger partial charge in [0.2, 0.25) is 0 Å². The van der Waals surface area contributed by atoms with Crippen LogP contribution in [0.5, 0.6) is 0 Å². The molecule has 0 spiro atoms. The van der Waals surface area contributed by atoms with Crippen molar-refractivity contribution >= 4 is 59.1 Å². The molecular weight excluding hydrogens is 725 g/mol. The van der Waals surface area contributed by atoms with Crippen LogP contribution in [-0.2, 0) is 0 Å². The smallest absolute Gasteiger partial charge is 0.187 e. The Bertz CT molecular complexity index is 3410. The van der Waals surface area contributed by atoms with E-state index in [1.54, 1.807) is 11.3 Å². The molecule has 11 rings (SSSR count). The molecule has 58 heavy (non-hydrogen) atoms. The lowest BCUT2D eigenvalue weighted by atomic mass is 9.97. The molecular formula is C53H32N4S. The number of hydrogen-bond donors (Lipinski definition) is 0. The van der Waals surface area contributed by atoms with Crippen molar-refractivity contribution < 1.29 is 0 Å². The lowest BCUT2D eigenvalue weighted by Gasteiger charge is -2.12. The van der Waals surface area contributed by atoms with E-state index in [0.717, 1.165) is 77.6 Å². The van der Waals surface area contributed by atoms with Crippen LogP contribution in [0.25, 0.3) is 109 Å². The average Bonchev–Trinajstić information content (AvgIpc) is 3.85. The number of thiophene rings is 1. The van der Waals surface area contributed by atoms with E-state index in [1.165, 1.54) is 20.3 Å². The molecule has 0 atom stereocenters. The molecule has 0 aliphatic heterocycles. The maximum Gasteiger partial charge on any atom is 0.187 e. The molecule has 3 aromatic heterocycles. The highest BCUT2D eigenvalue weighted by Gasteiger charge is 2.21. The third kappa shape index (κ3) is 5.66. The van der Waals surface area contributed by atoms with Gasteiger partial charge in [-0.05, 0) is 86.6 Å². The van der Waals surface area contributed by atoms with Gasteiger partial charge in [0.25, 0.3) is 0 Å². The lowest BCUT2D eigenvalue weighted by Crippen LogP contribution is -1.99. The summed E-state index contributed by atoms with van der Waals surface area (Å²) in [6.07, 6.45) is 0.